The van der Waals surface area contributed by atoms with Crippen LogP contribution in [0.25, 0.3) is 0 Å². The smallest absolute Gasteiger partial charge is 0.133 e. The number of rotatable bonds is 10. The molecule has 114 valence electrons. The highest BCUT2D eigenvalue weighted by Crippen LogP contribution is 2.26. The van der Waals surface area contributed by atoms with Gasteiger partial charge in [-0.25, -0.2) is 0 Å². The van der Waals surface area contributed by atoms with Gasteiger partial charge in [0.2, 0.25) is 0 Å². The molecule has 1 rings (SSSR count). The molecule has 0 amide bonds. The summed E-state index contributed by atoms with van der Waals surface area (Å²) >= 11 is 3.55. The molecule has 0 heterocycles. The van der Waals surface area contributed by atoms with Gasteiger partial charge in [-0.2, -0.15) is 0 Å². The Bertz CT molecular complexity index is 383. The van der Waals surface area contributed by atoms with Crippen LogP contribution in [-0.4, -0.2) is 32.4 Å². The Balaban J connectivity index is 2.25. The van der Waals surface area contributed by atoms with Gasteiger partial charge in [-0.05, 0) is 46.5 Å². The molecule has 0 spiro atoms. The molecule has 0 fully saturated rings. The van der Waals surface area contributed by atoms with E-state index < -0.39 is 0 Å². The highest BCUT2D eigenvalue weighted by molar-refractivity contribution is 9.10. The first-order valence-electron chi connectivity index (χ1n) is 7.35. The molecule has 0 saturated carbocycles. The van der Waals surface area contributed by atoms with E-state index in [1.54, 1.807) is 0 Å². The number of ether oxygens (including phenoxy) is 2. The molecule has 0 unspecified atom stereocenters. The first-order chi connectivity index (χ1) is 9.63. The van der Waals surface area contributed by atoms with E-state index in [1.165, 1.54) is 5.56 Å². The Morgan fingerprint density at radius 1 is 1.20 bits per heavy atom. The van der Waals surface area contributed by atoms with Gasteiger partial charge in [0.1, 0.15) is 5.75 Å². The van der Waals surface area contributed by atoms with E-state index in [1.807, 2.05) is 6.07 Å². The Hall–Kier alpha value is -0.580. The number of halogens is 1. The monoisotopic (exact) mass is 343 g/mol. The van der Waals surface area contributed by atoms with E-state index in [0.717, 1.165) is 49.4 Å². The lowest BCUT2D eigenvalue weighted by Gasteiger charge is -2.10. The summed E-state index contributed by atoms with van der Waals surface area (Å²) in [6.07, 6.45) is 1.95. The molecule has 20 heavy (non-hydrogen) atoms. The largest absolute Gasteiger partial charge is 0.492 e. The van der Waals surface area contributed by atoms with E-state index in [4.69, 9.17) is 9.47 Å². The zero-order valence-corrected chi connectivity index (χ0v) is 14.3. The molecule has 1 aromatic carbocycles. The molecule has 0 aliphatic carbocycles. The maximum Gasteiger partial charge on any atom is 0.133 e. The van der Waals surface area contributed by atoms with Crippen molar-refractivity contribution in [2.45, 2.75) is 39.7 Å². The first-order valence-corrected chi connectivity index (χ1v) is 8.15. The van der Waals surface area contributed by atoms with E-state index >= 15 is 0 Å². The standard InChI is InChI=1S/C16H26BrNO2/c1-4-9-20-16-6-5-14(12-15(16)17)7-10-19-11-8-18-13(2)3/h5-6,12-13,18H,4,7-11H2,1-3H3. The second-order valence-corrected chi connectivity index (χ2v) is 5.94. The van der Waals surface area contributed by atoms with Crippen molar-refractivity contribution in [2.75, 3.05) is 26.4 Å². The van der Waals surface area contributed by atoms with Crippen LogP contribution in [0.2, 0.25) is 0 Å². The van der Waals surface area contributed by atoms with E-state index in [2.05, 4.69) is 54.2 Å². The Morgan fingerprint density at radius 2 is 2.00 bits per heavy atom. The summed E-state index contributed by atoms with van der Waals surface area (Å²) in [6, 6.07) is 6.76. The predicted octanol–water partition coefficient (Wildman–Crippen LogP) is 3.80. The zero-order valence-electron chi connectivity index (χ0n) is 12.7. The fraction of sp³-hybridized carbons (Fsp3) is 0.625. The van der Waals surface area contributed by atoms with Crippen LogP contribution in [0.3, 0.4) is 0 Å². The van der Waals surface area contributed by atoms with Gasteiger partial charge in [0.25, 0.3) is 0 Å². The molecular weight excluding hydrogens is 318 g/mol. The molecule has 0 atom stereocenters. The van der Waals surface area contributed by atoms with Crippen molar-refractivity contribution in [3.63, 3.8) is 0 Å². The van der Waals surface area contributed by atoms with Gasteiger partial charge in [-0.1, -0.05) is 26.8 Å². The minimum Gasteiger partial charge on any atom is -0.492 e. The Morgan fingerprint density at radius 3 is 2.65 bits per heavy atom. The predicted molar refractivity (Wildman–Crippen MR) is 87.6 cm³/mol. The van der Waals surface area contributed by atoms with Gasteiger partial charge in [0, 0.05) is 12.6 Å². The summed E-state index contributed by atoms with van der Waals surface area (Å²) < 4.78 is 12.3. The molecule has 0 saturated heterocycles. The van der Waals surface area contributed by atoms with E-state index in [9.17, 15) is 0 Å². The third kappa shape index (κ3) is 7.27. The highest BCUT2D eigenvalue weighted by atomic mass is 79.9. The molecule has 0 aliphatic heterocycles. The summed E-state index contributed by atoms with van der Waals surface area (Å²) in [5.74, 6) is 0.914. The molecule has 1 N–H and O–H groups in total. The molecule has 0 radical (unpaired) electrons. The number of hydrogen-bond acceptors (Lipinski definition) is 3. The minimum absolute atomic E-state index is 0.519. The number of benzene rings is 1. The third-order valence-corrected chi connectivity index (χ3v) is 3.41. The molecule has 0 aliphatic rings. The van der Waals surface area contributed by atoms with Crippen molar-refractivity contribution in [3.8, 4) is 5.75 Å². The van der Waals surface area contributed by atoms with Crippen molar-refractivity contribution >= 4 is 15.9 Å². The van der Waals surface area contributed by atoms with Crippen LogP contribution in [0.1, 0.15) is 32.8 Å². The summed E-state index contributed by atoms with van der Waals surface area (Å²) in [5.41, 5.74) is 1.26. The van der Waals surface area contributed by atoms with Gasteiger partial charge < -0.3 is 14.8 Å². The van der Waals surface area contributed by atoms with Crippen molar-refractivity contribution in [1.82, 2.24) is 5.32 Å². The fourth-order valence-electron chi connectivity index (χ4n) is 1.74. The van der Waals surface area contributed by atoms with Crippen LogP contribution in [0, 0.1) is 0 Å². The molecule has 4 heteroatoms. The van der Waals surface area contributed by atoms with Crippen LogP contribution < -0.4 is 10.1 Å². The normalized spacial score (nSPS) is 11.1. The summed E-state index contributed by atoms with van der Waals surface area (Å²) in [5, 5.41) is 3.33. The molecular formula is C16H26BrNO2. The third-order valence-electron chi connectivity index (χ3n) is 2.79. The highest BCUT2D eigenvalue weighted by Gasteiger charge is 2.02. The average Bonchev–Trinajstić information content (AvgIpc) is 2.41. The Labute approximate surface area is 131 Å². The van der Waals surface area contributed by atoms with Crippen LogP contribution in [-0.2, 0) is 11.2 Å². The Kier molecular flexibility index (Phi) is 8.90. The average molecular weight is 344 g/mol. The lowest BCUT2D eigenvalue weighted by atomic mass is 10.1. The van der Waals surface area contributed by atoms with E-state index in [-0.39, 0.29) is 0 Å². The maximum atomic E-state index is 5.63. The summed E-state index contributed by atoms with van der Waals surface area (Å²) in [6.45, 7) is 9.56. The van der Waals surface area contributed by atoms with Gasteiger partial charge in [-0.3, -0.25) is 0 Å². The molecule has 1 aromatic rings. The van der Waals surface area contributed by atoms with Gasteiger partial charge >= 0.3 is 0 Å². The topological polar surface area (TPSA) is 30.5 Å². The van der Waals surface area contributed by atoms with Gasteiger partial charge in [-0.15, -0.1) is 0 Å². The lowest BCUT2D eigenvalue weighted by Crippen LogP contribution is -2.26. The minimum atomic E-state index is 0.519. The van der Waals surface area contributed by atoms with Gasteiger partial charge in [0.05, 0.1) is 24.3 Å². The summed E-state index contributed by atoms with van der Waals surface area (Å²) in [7, 11) is 0. The van der Waals surface area contributed by atoms with Crippen LogP contribution in [0.5, 0.6) is 5.75 Å². The van der Waals surface area contributed by atoms with Crippen molar-refractivity contribution in [3.05, 3.63) is 28.2 Å². The first kappa shape index (κ1) is 17.5. The number of nitrogens with one attached hydrogen (secondary N) is 1. The lowest BCUT2D eigenvalue weighted by molar-refractivity contribution is 0.137. The maximum absolute atomic E-state index is 5.63. The molecule has 0 aromatic heterocycles. The zero-order chi connectivity index (χ0) is 14.8. The van der Waals surface area contributed by atoms with E-state index in [0.29, 0.717) is 6.04 Å². The summed E-state index contributed by atoms with van der Waals surface area (Å²) in [4.78, 5) is 0. The number of hydrogen-bond donors (Lipinski definition) is 1. The SMILES string of the molecule is CCCOc1ccc(CCOCCNC(C)C)cc1Br. The van der Waals surface area contributed by atoms with Crippen molar-refractivity contribution in [1.29, 1.82) is 0 Å². The van der Waals surface area contributed by atoms with Gasteiger partial charge in [0.15, 0.2) is 0 Å². The molecule has 0 bridgehead atoms. The second-order valence-electron chi connectivity index (χ2n) is 5.08. The van der Waals surface area contributed by atoms with Crippen LogP contribution in [0.4, 0.5) is 0 Å². The van der Waals surface area contributed by atoms with Crippen LogP contribution in [0.15, 0.2) is 22.7 Å². The van der Waals surface area contributed by atoms with Crippen molar-refractivity contribution in [2.24, 2.45) is 0 Å². The van der Waals surface area contributed by atoms with Crippen molar-refractivity contribution < 1.29 is 9.47 Å². The quantitative estimate of drug-likeness (QED) is 0.655. The second kappa shape index (κ2) is 10.2. The fourth-order valence-corrected chi connectivity index (χ4v) is 2.28. The van der Waals surface area contributed by atoms with Crippen LogP contribution >= 0.6 is 15.9 Å². The molecule has 3 nitrogen and oxygen atoms in total.